The highest BCUT2D eigenvalue weighted by atomic mass is 16.6. The fraction of sp³-hybridized carbons (Fsp3) is 0.609. The Labute approximate surface area is 182 Å². The summed E-state index contributed by atoms with van der Waals surface area (Å²) in [6.45, 7) is 7.90. The van der Waals surface area contributed by atoms with Crippen molar-refractivity contribution in [1.29, 1.82) is 0 Å². The second kappa shape index (κ2) is 7.73. The number of likely N-dealkylation sites (tertiary alicyclic amines) is 2. The van der Waals surface area contributed by atoms with Crippen LogP contribution in [0.5, 0.6) is 0 Å². The lowest BCUT2D eigenvalue weighted by atomic mass is 9.64. The molecule has 31 heavy (non-hydrogen) atoms. The summed E-state index contributed by atoms with van der Waals surface area (Å²) in [5.74, 6) is -0.0296. The fourth-order valence-corrected chi connectivity index (χ4v) is 5.21. The summed E-state index contributed by atoms with van der Waals surface area (Å²) in [4.78, 5) is 41.8. The maximum absolute atomic E-state index is 13.0. The lowest BCUT2D eigenvalue weighted by molar-refractivity contribution is -0.131. The number of benzene rings is 1. The highest BCUT2D eigenvalue weighted by Gasteiger charge is 2.66. The van der Waals surface area contributed by atoms with Gasteiger partial charge in [0.05, 0.1) is 5.41 Å². The van der Waals surface area contributed by atoms with E-state index in [0.717, 1.165) is 5.56 Å². The van der Waals surface area contributed by atoms with Gasteiger partial charge in [-0.3, -0.25) is 4.79 Å². The van der Waals surface area contributed by atoms with Crippen LogP contribution in [0.15, 0.2) is 30.3 Å². The average molecular weight is 430 g/mol. The predicted octanol–water partition coefficient (Wildman–Crippen LogP) is 2.77. The Hall–Kier alpha value is -2.77. The van der Waals surface area contributed by atoms with Gasteiger partial charge in [0.15, 0.2) is 0 Å². The van der Waals surface area contributed by atoms with Crippen molar-refractivity contribution in [2.24, 2.45) is 10.8 Å². The number of ether oxygens (including phenoxy) is 2. The second-order valence-corrected chi connectivity index (χ2v) is 9.92. The summed E-state index contributed by atoms with van der Waals surface area (Å²) in [5, 5.41) is 2.95. The molecule has 1 N–H and O–H groups in total. The summed E-state index contributed by atoms with van der Waals surface area (Å²) < 4.78 is 11.1. The molecule has 0 bridgehead atoms. The molecule has 3 saturated heterocycles. The maximum atomic E-state index is 13.0. The van der Waals surface area contributed by atoms with Crippen molar-refractivity contribution < 1.29 is 23.9 Å². The van der Waals surface area contributed by atoms with Crippen molar-refractivity contribution in [3.05, 3.63) is 35.9 Å². The summed E-state index contributed by atoms with van der Waals surface area (Å²) in [5.41, 5.74) is -0.872. The summed E-state index contributed by atoms with van der Waals surface area (Å²) in [6.07, 6.45) is 0.511. The van der Waals surface area contributed by atoms with Gasteiger partial charge >= 0.3 is 12.2 Å². The number of carbonyl (C=O) groups excluding carboxylic acids is 3. The van der Waals surface area contributed by atoms with Gasteiger partial charge in [0.2, 0.25) is 5.91 Å². The molecule has 0 aromatic heterocycles. The van der Waals surface area contributed by atoms with Crippen LogP contribution in [0.4, 0.5) is 9.59 Å². The van der Waals surface area contributed by atoms with Gasteiger partial charge in [-0.05, 0) is 39.2 Å². The van der Waals surface area contributed by atoms with Crippen molar-refractivity contribution in [3.8, 4) is 0 Å². The third-order valence-electron chi connectivity index (χ3n) is 6.71. The lowest BCUT2D eigenvalue weighted by Gasteiger charge is -2.36. The molecule has 3 fully saturated rings. The molecule has 8 nitrogen and oxygen atoms in total. The topological polar surface area (TPSA) is 88.2 Å². The van der Waals surface area contributed by atoms with E-state index in [0.29, 0.717) is 45.6 Å². The van der Waals surface area contributed by atoms with E-state index in [2.05, 4.69) is 5.32 Å². The lowest BCUT2D eigenvalue weighted by Crippen LogP contribution is -2.48. The third-order valence-corrected chi connectivity index (χ3v) is 6.71. The number of rotatable bonds is 2. The average Bonchev–Trinajstić information content (AvgIpc) is 3.40. The van der Waals surface area contributed by atoms with E-state index in [1.807, 2.05) is 51.1 Å². The van der Waals surface area contributed by atoms with Crippen LogP contribution in [0.1, 0.15) is 39.2 Å². The van der Waals surface area contributed by atoms with Crippen LogP contribution in [0, 0.1) is 10.8 Å². The second-order valence-electron chi connectivity index (χ2n) is 9.92. The molecule has 3 aliphatic rings. The van der Waals surface area contributed by atoms with Crippen LogP contribution < -0.4 is 5.32 Å². The van der Waals surface area contributed by atoms with E-state index in [4.69, 9.17) is 9.47 Å². The molecule has 1 aromatic carbocycles. The van der Waals surface area contributed by atoms with Crippen LogP contribution in [0.25, 0.3) is 0 Å². The zero-order chi connectivity index (χ0) is 22.3. The normalized spacial score (nSPS) is 27.8. The Morgan fingerprint density at radius 1 is 1.03 bits per heavy atom. The zero-order valence-electron chi connectivity index (χ0n) is 18.5. The maximum Gasteiger partial charge on any atom is 0.410 e. The fourth-order valence-electron chi connectivity index (χ4n) is 5.21. The van der Waals surface area contributed by atoms with Gasteiger partial charge in [-0.2, -0.15) is 0 Å². The van der Waals surface area contributed by atoms with Crippen molar-refractivity contribution in [2.75, 3.05) is 32.7 Å². The molecule has 0 radical (unpaired) electrons. The van der Waals surface area contributed by atoms with Crippen LogP contribution in [-0.4, -0.2) is 66.2 Å². The van der Waals surface area contributed by atoms with Gasteiger partial charge in [0.1, 0.15) is 12.2 Å². The quantitative estimate of drug-likeness (QED) is 0.781. The smallest absolute Gasteiger partial charge is 0.410 e. The van der Waals surface area contributed by atoms with E-state index in [9.17, 15) is 14.4 Å². The largest absolute Gasteiger partial charge is 0.445 e. The first-order valence-electron chi connectivity index (χ1n) is 10.9. The van der Waals surface area contributed by atoms with Gasteiger partial charge in [0, 0.05) is 38.1 Å². The minimum absolute atomic E-state index is 0.0296. The van der Waals surface area contributed by atoms with E-state index < -0.39 is 22.5 Å². The monoisotopic (exact) mass is 429 g/mol. The number of amides is 3. The highest BCUT2D eigenvalue weighted by molar-refractivity contribution is 5.88. The SMILES string of the molecule is CC(C)(C)OC(=O)N1CC2(CCN(C(=O)OCc3ccccc3)C2)C2(CCNC2=O)C1. The molecule has 4 rings (SSSR count). The summed E-state index contributed by atoms with van der Waals surface area (Å²) >= 11 is 0. The highest BCUT2D eigenvalue weighted by Crippen LogP contribution is 2.55. The van der Waals surface area contributed by atoms with Gasteiger partial charge in [0.25, 0.3) is 0 Å². The van der Waals surface area contributed by atoms with Gasteiger partial charge in [-0.15, -0.1) is 0 Å². The minimum atomic E-state index is -0.696. The van der Waals surface area contributed by atoms with E-state index in [-0.39, 0.29) is 18.6 Å². The van der Waals surface area contributed by atoms with Crippen molar-refractivity contribution in [2.45, 2.75) is 45.8 Å². The van der Waals surface area contributed by atoms with Crippen molar-refractivity contribution in [3.63, 3.8) is 0 Å². The molecular weight excluding hydrogens is 398 g/mol. The van der Waals surface area contributed by atoms with Crippen LogP contribution in [0.2, 0.25) is 0 Å². The zero-order valence-corrected chi connectivity index (χ0v) is 18.5. The van der Waals surface area contributed by atoms with Crippen LogP contribution in [0.3, 0.4) is 0 Å². The number of hydrogen-bond donors (Lipinski definition) is 1. The molecule has 3 aliphatic heterocycles. The molecule has 3 heterocycles. The van der Waals surface area contributed by atoms with E-state index in [1.54, 1.807) is 9.80 Å². The molecule has 2 atom stereocenters. The Kier molecular flexibility index (Phi) is 5.35. The minimum Gasteiger partial charge on any atom is -0.445 e. The van der Waals surface area contributed by atoms with E-state index >= 15 is 0 Å². The first-order valence-corrected chi connectivity index (χ1v) is 10.9. The third kappa shape index (κ3) is 3.95. The Morgan fingerprint density at radius 3 is 2.39 bits per heavy atom. The van der Waals surface area contributed by atoms with Crippen LogP contribution >= 0.6 is 0 Å². The standard InChI is InChI=1S/C23H31N3O5/c1-21(2,3)31-20(29)26-15-22(23(16-26)9-11-24-18(23)27)10-12-25(14-22)19(28)30-13-17-7-5-4-6-8-17/h4-8H,9-16H2,1-3H3,(H,24,27). The van der Waals surface area contributed by atoms with Crippen molar-refractivity contribution in [1.82, 2.24) is 15.1 Å². The summed E-state index contributed by atoms with van der Waals surface area (Å²) in [6, 6.07) is 9.54. The number of nitrogens with one attached hydrogen (secondary N) is 1. The summed E-state index contributed by atoms with van der Waals surface area (Å²) in [7, 11) is 0. The molecule has 0 aliphatic carbocycles. The number of nitrogens with zero attached hydrogens (tertiary/aromatic N) is 2. The molecule has 2 spiro atoms. The van der Waals surface area contributed by atoms with Gasteiger partial charge < -0.3 is 24.6 Å². The number of hydrogen-bond acceptors (Lipinski definition) is 5. The van der Waals surface area contributed by atoms with Gasteiger partial charge in [-0.25, -0.2) is 9.59 Å². The Balaban J connectivity index is 1.48. The molecule has 2 unspecified atom stereocenters. The predicted molar refractivity (Wildman–Crippen MR) is 113 cm³/mol. The molecule has 168 valence electrons. The van der Waals surface area contributed by atoms with Crippen molar-refractivity contribution >= 4 is 18.1 Å². The molecule has 0 saturated carbocycles. The molecule has 1 aromatic rings. The first-order chi connectivity index (χ1) is 14.6. The van der Waals surface area contributed by atoms with Crippen LogP contribution in [-0.2, 0) is 20.9 Å². The molecular formula is C23H31N3O5. The number of fused-ring (bicyclic) bond motifs is 1. The Bertz CT molecular complexity index is 868. The number of carbonyl (C=O) groups is 3. The van der Waals surface area contributed by atoms with Gasteiger partial charge in [-0.1, -0.05) is 30.3 Å². The molecule has 8 heteroatoms. The van der Waals surface area contributed by atoms with E-state index in [1.165, 1.54) is 0 Å². The Morgan fingerprint density at radius 2 is 1.74 bits per heavy atom. The first kappa shape index (κ1) is 21.5. The molecule has 3 amide bonds.